The average Bonchev–Trinajstić information content (AvgIpc) is 2.97. The molecule has 0 atom stereocenters. The summed E-state index contributed by atoms with van der Waals surface area (Å²) in [4.78, 5) is 26.5. The minimum atomic E-state index is -0.366. The number of benzene rings is 5. The molecule has 0 aromatic heterocycles. The number of ketones is 1. The summed E-state index contributed by atoms with van der Waals surface area (Å²) in [5, 5.41) is 5.49. The van der Waals surface area contributed by atoms with E-state index in [-0.39, 0.29) is 18.3 Å². The number of carbonyl (C=O) groups excluding carboxylic acids is 2. The number of halogens is 1. The van der Waals surface area contributed by atoms with Crippen LogP contribution in [0.3, 0.4) is 0 Å². The van der Waals surface area contributed by atoms with Crippen LogP contribution in [-0.2, 0) is 6.61 Å². The Balaban J connectivity index is 1.38. The molecule has 0 radical (unpaired) electrons. The Morgan fingerprint density at radius 2 is 1.51 bits per heavy atom. The molecule has 1 N–H and O–H groups in total. The number of rotatable bonds is 9. The Bertz CT molecular complexity index is 1650. The fraction of sp³-hybridized carbons (Fsp3) is 0.0909. The van der Waals surface area contributed by atoms with Gasteiger partial charge in [0.1, 0.15) is 18.1 Å². The quantitative estimate of drug-likeness (QED) is 0.194. The lowest BCUT2D eigenvalue weighted by atomic mass is 10.0. The molecule has 0 aliphatic rings. The van der Waals surface area contributed by atoms with E-state index in [1.807, 2.05) is 55.5 Å². The number of anilines is 1. The van der Waals surface area contributed by atoms with Crippen molar-refractivity contribution < 1.29 is 19.1 Å². The van der Waals surface area contributed by atoms with Crippen molar-refractivity contribution >= 4 is 39.8 Å². The number of fused-ring (bicyclic) bond motifs is 1. The highest BCUT2D eigenvalue weighted by molar-refractivity contribution is 6.31. The zero-order chi connectivity index (χ0) is 27.2. The summed E-state index contributed by atoms with van der Waals surface area (Å²) in [5.41, 5.74) is 2.33. The largest absolute Gasteiger partial charge is 0.493 e. The molecule has 5 aromatic carbocycles. The predicted octanol–water partition coefficient (Wildman–Crippen LogP) is 7.95. The number of carbonyl (C=O) groups is 2. The number of hydrogen-bond acceptors (Lipinski definition) is 4. The van der Waals surface area contributed by atoms with Crippen molar-refractivity contribution in [1.29, 1.82) is 0 Å². The van der Waals surface area contributed by atoms with Crippen LogP contribution < -0.4 is 14.8 Å². The van der Waals surface area contributed by atoms with Crippen molar-refractivity contribution in [2.24, 2.45) is 0 Å². The standard InChI is InChI=1S/C33H26ClNO4/c1-2-38-31-17-13-25(18-26(31)21-39-28-15-12-22-8-6-7-11-24(22)19-28)33(37)35-30-16-14-27(34)20-29(30)32(36)23-9-4-3-5-10-23/h3-20H,2,21H2,1H3,(H,35,37). The van der Waals surface area contributed by atoms with E-state index in [0.717, 1.165) is 22.1 Å². The highest BCUT2D eigenvalue weighted by Crippen LogP contribution is 2.27. The van der Waals surface area contributed by atoms with Crippen molar-refractivity contribution in [1.82, 2.24) is 0 Å². The molecule has 5 aromatic rings. The fourth-order valence-electron chi connectivity index (χ4n) is 4.30. The van der Waals surface area contributed by atoms with Crippen LogP contribution in [0.15, 0.2) is 109 Å². The van der Waals surface area contributed by atoms with E-state index < -0.39 is 0 Å². The van der Waals surface area contributed by atoms with Crippen molar-refractivity contribution in [2.45, 2.75) is 13.5 Å². The summed E-state index contributed by atoms with van der Waals surface area (Å²) in [6.45, 7) is 2.60. The van der Waals surface area contributed by atoms with Gasteiger partial charge in [-0.15, -0.1) is 0 Å². The third kappa shape index (κ3) is 6.11. The van der Waals surface area contributed by atoms with Gasteiger partial charge in [0.2, 0.25) is 0 Å². The van der Waals surface area contributed by atoms with Crippen LogP contribution in [0.25, 0.3) is 10.8 Å². The molecule has 0 aliphatic carbocycles. The summed E-state index contributed by atoms with van der Waals surface area (Å²) < 4.78 is 11.9. The van der Waals surface area contributed by atoms with Gasteiger partial charge >= 0.3 is 0 Å². The van der Waals surface area contributed by atoms with Crippen LogP contribution >= 0.6 is 11.6 Å². The van der Waals surface area contributed by atoms with E-state index in [0.29, 0.717) is 39.8 Å². The predicted molar refractivity (Wildman–Crippen MR) is 155 cm³/mol. The van der Waals surface area contributed by atoms with Gasteiger partial charge in [0.25, 0.3) is 5.91 Å². The lowest BCUT2D eigenvalue weighted by Gasteiger charge is -2.15. The van der Waals surface area contributed by atoms with Gasteiger partial charge in [-0.1, -0.05) is 72.3 Å². The van der Waals surface area contributed by atoms with E-state index >= 15 is 0 Å². The molecular weight excluding hydrogens is 510 g/mol. The van der Waals surface area contributed by atoms with E-state index in [9.17, 15) is 9.59 Å². The monoisotopic (exact) mass is 535 g/mol. The van der Waals surface area contributed by atoms with Crippen LogP contribution in [0.5, 0.6) is 11.5 Å². The molecule has 0 saturated heterocycles. The van der Waals surface area contributed by atoms with Crippen LogP contribution in [0.2, 0.25) is 5.02 Å². The van der Waals surface area contributed by atoms with Gasteiger partial charge < -0.3 is 14.8 Å². The SMILES string of the molecule is CCOc1ccc(C(=O)Nc2ccc(Cl)cc2C(=O)c2ccccc2)cc1COc1ccc2ccccc2c1. The third-order valence-corrected chi connectivity index (χ3v) is 6.48. The van der Waals surface area contributed by atoms with Crippen molar-refractivity contribution in [3.05, 3.63) is 136 Å². The maximum atomic E-state index is 13.3. The normalized spacial score (nSPS) is 10.7. The van der Waals surface area contributed by atoms with Gasteiger partial charge in [-0.05, 0) is 66.2 Å². The second kappa shape index (κ2) is 11.8. The van der Waals surface area contributed by atoms with E-state index in [1.165, 1.54) is 0 Å². The number of nitrogens with one attached hydrogen (secondary N) is 1. The van der Waals surface area contributed by atoms with Gasteiger partial charge in [-0.25, -0.2) is 0 Å². The van der Waals surface area contributed by atoms with Crippen LogP contribution in [0.4, 0.5) is 5.69 Å². The van der Waals surface area contributed by atoms with Crippen LogP contribution in [-0.4, -0.2) is 18.3 Å². The van der Waals surface area contributed by atoms with Crippen LogP contribution in [0.1, 0.15) is 38.8 Å². The van der Waals surface area contributed by atoms with E-state index in [4.69, 9.17) is 21.1 Å². The summed E-state index contributed by atoms with van der Waals surface area (Å²) >= 11 is 6.19. The highest BCUT2D eigenvalue weighted by atomic mass is 35.5. The van der Waals surface area contributed by atoms with Crippen molar-refractivity contribution in [3.63, 3.8) is 0 Å². The van der Waals surface area contributed by atoms with Crippen molar-refractivity contribution in [3.8, 4) is 11.5 Å². The minimum absolute atomic E-state index is 0.216. The first-order chi connectivity index (χ1) is 19.0. The molecule has 0 bridgehead atoms. The number of hydrogen-bond donors (Lipinski definition) is 1. The zero-order valence-corrected chi connectivity index (χ0v) is 22.1. The van der Waals surface area contributed by atoms with Crippen molar-refractivity contribution in [2.75, 3.05) is 11.9 Å². The molecule has 5 rings (SSSR count). The van der Waals surface area contributed by atoms with Crippen LogP contribution in [0, 0.1) is 0 Å². The second-order valence-electron chi connectivity index (χ2n) is 8.89. The highest BCUT2D eigenvalue weighted by Gasteiger charge is 2.18. The first-order valence-corrected chi connectivity index (χ1v) is 13.0. The summed E-state index contributed by atoms with van der Waals surface area (Å²) in [6, 6.07) is 32.9. The number of amides is 1. The zero-order valence-electron chi connectivity index (χ0n) is 21.3. The molecule has 6 heteroatoms. The second-order valence-corrected chi connectivity index (χ2v) is 9.33. The third-order valence-electron chi connectivity index (χ3n) is 6.25. The smallest absolute Gasteiger partial charge is 0.255 e. The molecular formula is C33H26ClNO4. The lowest BCUT2D eigenvalue weighted by Crippen LogP contribution is -2.16. The molecule has 39 heavy (non-hydrogen) atoms. The Labute approximate surface area is 232 Å². The Morgan fingerprint density at radius 3 is 2.31 bits per heavy atom. The molecule has 0 spiro atoms. The first kappa shape index (κ1) is 26.0. The average molecular weight is 536 g/mol. The Hall–Kier alpha value is -4.61. The maximum Gasteiger partial charge on any atom is 0.255 e. The fourth-order valence-corrected chi connectivity index (χ4v) is 4.47. The molecule has 0 heterocycles. The molecule has 0 fully saturated rings. The topological polar surface area (TPSA) is 64.6 Å². The Morgan fingerprint density at radius 1 is 0.744 bits per heavy atom. The minimum Gasteiger partial charge on any atom is -0.493 e. The van der Waals surface area contributed by atoms with Gasteiger partial charge in [0, 0.05) is 27.3 Å². The molecule has 194 valence electrons. The van der Waals surface area contributed by atoms with E-state index in [1.54, 1.807) is 60.7 Å². The van der Waals surface area contributed by atoms with E-state index in [2.05, 4.69) is 5.32 Å². The molecule has 0 unspecified atom stereocenters. The first-order valence-electron chi connectivity index (χ1n) is 12.6. The maximum absolute atomic E-state index is 13.3. The van der Waals surface area contributed by atoms with Gasteiger partial charge in [0.15, 0.2) is 5.78 Å². The molecule has 5 nitrogen and oxygen atoms in total. The van der Waals surface area contributed by atoms with Gasteiger partial charge in [-0.3, -0.25) is 9.59 Å². The summed E-state index contributed by atoms with van der Waals surface area (Å²) in [7, 11) is 0. The Kier molecular flexibility index (Phi) is 7.90. The molecule has 1 amide bonds. The molecule has 0 saturated carbocycles. The molecule has 0 aliphatic heterocycles. The number of ether oxygens (including phenoxy) is 2. The van der Waals surface area contributed by atoms with Gasteiger partial charge in [-0.2, -0.15) is 0 Å². The summed E-state index contributed by atoms with van der Waals surface area (Å²) in [6.07, 6.45) is 0. The van der Waals surface area contributed by atoms with Gasteiger partial charge in [0.05, 0.1) is 12.3 Å². The lowest BCUT2D eigenvalue weighted by molar-refractivity contribution is 0.102. The summed E-state index contributed by atoms with van der Waals surface area (Å²) in [5.74, 6) is 0.761.